The molecular formula is C16H28N2O2. The van der Waals surface area contributed by atoms with E-state index >= 15 is 0 Å². The molecule has 4 nitrogen and oxygen atoms in total. The highest BCUT2D eigenvalue weighted by Gasteiger charge is 2.10. The van der Waals surface area contributed by atoms with Crippen LogP contribution in [0.15, 0.2) is 12.1 Å². The summed E-state index contributed by atoms with van der Waals surface area (Å²) < 4.78 is 10.9. The standard InChI is InChI=1S/C16H28N2O2/c1-6-7-17-10-14-8-15(12(2)3)18-16(9-14)20-13(4)11-19-5/h8-9,12-13,17H,6-7,10-11H2,1-5H3. The smallest absolute Gasteiger partial charge is 0.214 e. The van der Waals surface area contributed by atoms with E-state index in [2.05, 4.69) is 37.1 Å². The molecule has 114 valence electrons. The zero-order valence-electron chi connectivity index (χ0n) is 13.4. The van der Waals surface area contributed by atoms with Gasteiger partial charge in [-0.1, -0.05) is 20.8 Å². The first-order valence-corrected chi connectivity index (χ1v) is 7.44. The normalized spacial score (nSPS) is 12.7. The summed E-state index contributed by atoms with van der Waals surface area (Å²) in [5, 5.41) is 3.42. The van der Waals surface area contributed by atoms with Crippen LogP contribution in [0.5, 0.6) is 5.88 Å². The van der Waals surface area contributed by atoms with E-state index in [1.54, 1.807) is 7.11 Å². The highest BCUT2D eigenvalue weighted by atomic mass is 16.5. The van der Waals surface area contributed by atoms with Crippen molar-refractivity contribution in [3.05, 3.63) is 23.4 Å². The number of pyridine rings is 1. The van der Waals surface area contributed by atoms with Crippen molar-refractivity contribution in [2.24, 2.45) is 0 Å². The van der Waals surface area contributed by atoms with Crippen LogP contribution in [0.3, 0.4) is 0 Å². The lowest BCUT2D eigenvalue weighted by molar-refractivity contribution is 0.0887. The summed E-state index contributed by atoms with van der Waals surface area (Å²) in [6.07, 6.45) is 1.14. The van der Waals surface area contributed by atoms with E-state index in [1.165, 1.54) is 5.56 Å². The number of nitrogens with zero attached hydrogens (tertiary/aromatic N) is 1. The van der Waals surface area contributed by atoms with Crippen LogP contribution in [-0.4, -0.2) is 31.3 Å². The second kappa shape index (κ2) is 8.93. The van der Waals surface area contributed by atoms with Gasteiger partial charge < -0.3 is 14.8 Å². The average molecular weight is 280 g/mol. The molecule has 0 aliphatic carbocycles. The number of methoxy groups -OCH3 is 1. The van der Waals surface area contributed by atoms with Crippen LogP contribution in [0.25, 0.3) is 0 Å². The zero-order chi connectivity index (χ0) is 15.0. The van der Waals surface area contributed by atoms with E-state index < -0.39 is 0 Å². The van der Waals surface area contributed by atoms with Gasteiger partial charge in [-0.25, -0.2) is 4.98 Å². The molecule has 1 rings (SSSR count). The second-order valence-corrected chi connectivity index (χ2v) is 5.45. The van der Waals surface area contributed by atoms with E-state index in [9.17, 15) is 0 Å². The number of ether oxygens (including phenoxy) is 2. The van der Waals surface area contributed by atoms with Gasteiger partial charge in [0.25, 0.3) is 0 Å². The molecule has 0 saturated carbocycles. The third kappa shape index (κ3) is 5.88. The predicted molar refractivity (Wildman–Crippen MR) is 82.3 cm³/mol. The highest BCUT2D eigenvalue weighted by molar-refractivity contribution is 5.26. The van der Waals surface area contributed by atoms with Crippen molar-refractivity contribution in [2.45, 2.75) is 52.7 Å². The monoisotopic (exact) mass is 280 g/mol. The van der Waals surface area contributed by atoms with E-state index in [1.807, 2.05) is 13.0 Å². The molecule has 0 aliphatic heterocycles. The highest BCUT2D eigenvalue weighted by Crippen LogP contribution is 2.20. The van der Waals surface area contributed by atoms with Gasteiger partial charge in [-0.05, 0) is 37.4 Å². The summed E-state index contributed by atoms with van der Waals surface area (Å²) in [4.78, 5) is 4.58. The predicted octanol–water partition coefficient (Wildman–Crippen LogP) is 3.12. The molecule has 0 spiro atoms. The number of nitrogens with one attached hydrogen (secondary N) is 1. The molecule has 0 saturated heterocycles. The Labute approximate surface area is 122 Å². The molecule has 1 aromatic heterocycles. The Kier molecular flexibility index (Phi) is 7.55. The lowest BCUT2D eigenvalue weighted by Crippen LogP contribution is -2.19. The van der Waals surface area contributed by atoms with Crippen molar-refractivity contribution >= 4 is 0 Å². The van der Waals surface area contributed by atoms with Crippen molar-refractivity contribution in [2.75, 3.05) is 20.3 Å². The maximum atomic E-state index is 5.83. The minimum absolute atomic E-state index is 0.00589. The number of aromatic nitrogens is 1. The van der Waals surface area contributed by atoms with Gasteiger partial charge in [-0.2, -0.15) is 0 Å². The molecule has 1 unspecified atom stereocenters. The Morgan fingerprint density at radius 1 is 1.25 bits per heavy atom. The van der Waals surface area contributed by atoms with Gasteiger partial charge in [0.05, 0.1) is 6.61 Å². The molecule has 0 amide bonds. The van der Waals surface area contributed by atoms with Crippen LogP contribution >= 0.6 is 0 Å². The number of rotatable bonds is 9. The molecule has 0 bridgehead atoms. The first kappa shape index (κ1) is 16.9. The molecule has 0 radical (unpaired) electrons. The van der Waals surface area contributed by atoms with E-state index in [0.29, 0.717) is 18.4 Å². The molecule has 1 atom stereocenters. The Balaban J connectivity index is 2.81. The van der Waals surface area contributed by atoms with Crippen LogP contribution in [0.2, 0.25) is 0 Å². The Hall–Kier alpha value is -1.13. The molecular weight excluding hydrogens is 252 g/mol. The van der Waals surface area contributed by atoms with Crippen molar-refractivity contribution in [1.29, 1.82) is 0 Å². The minimum atomic E-state index is 0.00589. The molecule has 0 fully saturated rings. The third-order valence-electron chi connectivity index (χ3n) is 2.95. The van der Waals surface area contributed by atoms with Gasteiger partial charge in [0.15, 0.2) is 0 Å². The first-order chi connectivity index (χ1) is 9.56. The van der Waals surface area contributed by atoms with Crippen molar-refractivity contribution in [3.63, 3.8) is 0 Å². The second-order valence-electron chi connectivity index (χ2n) is 5.45. The van der Waals surface area contributed by atoms with Crippen LogP contribution in [0, 0.1) is 0 Å². The fourth-order valence-corrected chi connectivity index (χ4v) is 1.92. The minimum Gasteiger partial charge on any atom is -0.472 e. The Bertz CT molecular complexity index is 394. The quantitative estimate of drug-likeness (QED) is 0.706. The first-order valence-electron chi connectivity index (χ1n) is 7.44. The van der Waals surface area contributed by atoms with E-state index in [0.717, 1.165) is 25.2 Å². The summed E-state index contributed by atoms with van der Waals surface area (Å²) in [6, 6.07) is 4.17. The van der Waals surface area contributed by atoms with E-state index in [-0.39, 0.29) is 6.10 Å². The fourth-order valence-electron chi connectivity index (χ4n) is 1.92. The van der Waals surface area contributed by atoms with Crippen LogP contribution in [0.4, 0.5) is 0 Å². The van der Waals surface area contributed by atoms with E-state index in [4.69, 9.17) is 9.47 Å². The van der Waals surface area contributed by atoms with Crippen LogP contribution < -0.4 is 10.1 Å². The molecule has 0 aromatic carbocycles. The Morgan fingerprint density at radius 3 is 2.60 bits per heavy atom. The fraction of sp³-hybridized carbons (Fsp3) is 0.688. The third-order valence-corrected chi connectivity index (χ3v) is 2.95. The lowest BCUT2D eigenvalue weighted by atomic mass is 10.1. The SMILES string of the molecule is CCCNCc1cc(OC(C)COC)nc(C(C)C)c1. The topological polar surface area (TPSA) is 43.4 Å². The average Bonchev–Trinajstić information content (AvgIpc) is 2.39. The molecule has 1 N–H and O–H groups in total. The van der Waals surface area contributed by atoms with Gasteiger partial charge >= 0.3 is 0 Å². The molecule has 1 aromatic rings. The number of hydrogen-bond donors (Lipinski definition) is 1. The summed E-state index contributed by atoms with van der Waals surface area (Å²) in [7, 11) is 1.68. The van der Waals surface area contributed by atoms with Crippen LogP contribution in [0.1, 0.15) is 51.3 Å². The van der Waals surface area contributed by atoms with Crippen molar-refractivity contribution in [1.82, 2.24) is 10.3 Å². The van der Waals surface area contributed by atoms with Crippen molar-refractivity contribution in [3.8, 4) is 5.88 Å². The van der Waals surface area contributed by atoms with Crippen molar-refractivity contribution < 1.29 is 9.47 Å². The van der Waals surface area contributed by atoms with Gasteiger partial charge in [0, 0.05) is 25.4 Å². The largest absolute Gasteiger partial charge is 0.472 e. The lowest BCUT2D eigenvalue weighted by Gasteiger charge is -2.16. The van der Waals surface area contributed by atoms with Gasteiger partial charge in [0.1, 0.15) is 6.10 Å². The zero-order valence-corrected chi connectivity index (χ0v) is 13.4. The summed E-state index contributed by atoms with van der Waals surface area (Å²) in [6.45, 7) is 10.9. The maximum Gasteiger partial charge on any atom is 0.214 e. The summed E-state index contributed by atoms with van der Waals surface area (Å²) >= 11 is 0. The molecule has 4 heteroatoms. The molecule has 1 heterocycles. The molecule has 20 heavy (non-hydrogen) atoms. The van der Waals surface area contributed by atoms with Gasteiger partial charge in [-0.15, -0.1) is 0 Å². The Morgan fingerprint density at radius 2 is 2.00 bits per heavy atom. The number of hydrogen-bond acceptors (Lipinski definition) is 4. The molecule has 0 aliphatic rings. The van der Waals surface area contributed by atoms with Gasteiger partial charge in [0.2, 0.25) is 5.88 Å². The summed E-state index contributed by atoms with van der Waals surface area (Å²) in [5.41, 5.74) is 2.29. The van der Waals surface area contributed by atoms with Crippen LogP contribution in [-0.2, 0) is 11.3 Å². The van der Waals surface area contributed by atoms with Gasteiger partial charge in [-0.3, -0.25) is 0 Å². The summed E-state index contributed by atoms with van der Waals surface area (Å²) in [5.74, 6) is 1.08. The maximum absolute atomic E-state index is 5.83.